The first-order valence-electron chi connectivity index (χ1n) is 6.39. The van der Waals surface area contributed by atoms with Gasteiger partial charge in [-0.15, -0.1) is 0 Å². The molecule has 0 atom stereocenters. The van der Waals surface area contributed by atoms with Gasteiger partial charge in [-0.25, -0.2) is 13.1 Å². The van der Waals surface area contributed by atoms with Crippen molar-refractivity contribution in [3.63, 3.8) is 0 Å². The molecule has 0 saturated heterocycles. The lowest BCUT2D eigenvalue weighted by molar-refractivity contribution is 0.131. The summed E-state index contributed by atoms with van der Waals surface area (Å²) < 4.78 is 32.2. The van der Waals surface area contributed by atoms with Crippen LogP contribution in [0, 0.1) is 5.92 Å². The molecule has 0 heterocycles. The van der Waals surface area contributed by atoms with E-state index < -0.39 is 10.0 Å². The first-order valence-corrected chi connectivity index (χ1v) is 7.87. The largest absolute Gasteiger partial charge is 0.488 e. The lowest BCUT2D eigenvalue weighted by Crippen LogP contribution is -2.27. The van der Waals surface area contributed by atoms with E-state index in [0.717, 1.165) is 0 Å². The molecule has 0 aliphatic rings. The molecule has 0 unspecified atom stereocenters. The predicted molar refractivity (Wildman–Crippen MR) is 76.8 cm³/mol. The van der Waals surface area contributed by atoms with Gasteiger partial charge in [-0.3, -0.25) is 0 Å². The monoisotopic (exact) mass is 285 g/mol. The number of ether oxygens (including phenoxy) is 1. The Morgan fingerprint density at radius 3 is 2.11 bits per heavy atom. The van der Waals surface area contributed by atoms with Crippen LogP contribution < -0.4 is 9.46 Å². The second-order valence-electron chi connectivity index (χ2n) is 5.93. The molecule has 0 fully saturated rings. The topological polar surface area (TPSA) is 55.4 Å². The summed E-state index contributed by atoms with van der Waals surface area (Å²) in [6.07, 6.45) is 0. The average molecular weight is 285 g/mol. The van der Waals surface area contributed by atoms with E-state index in [0.29, 0.717) is 12.3 Å². The summed E-state index contributed by atoms with van der Waals surface area (Å²) in [4.78, 5) is 0.259. The quantitative estimate of drug-likeness (QED) is 0.905. The molecule has 0 aromatic heterocycles. The Kier molecular flexibility index (Phi) is 4.98. The summed E-state index contributed by atoms with van der Waals surface area (Å²) in [5.41, 5.74) is -0.295. The Hall–Kier alpha value is -1.07. The van der Waals surface area contributed by atoms with Gasteiger partial charge in [-0.1, -0.05) is 13.8 Å². The number of sulfonamides is 1. The van der Waals surface area contributed by atoms with Crippen LogP contribution in [0.2, 0.25) is 0 Å². The SMILES string of the molecule is CC(C)CNS(=O)(=O)c1ccc(OC(C)(C)C)cc1. The maximum atomic E-state index is 12.0. The van der Waals surface area contributed by atoms with Crippen molar-refractivity contribution in [1.29, 1.82) is 0 Å². The zero-order valence-corrected chi connectivity index (χ0v) is 13.0. The first kappa shape index (κ1) is 16.0. The maximum Gasteiger partial charge on any atom is 0.240 e. The van der Waals surface area contributed by atoms with E-state index in [-0.39, 0.29) is 16.4 Å². The van der Waals surface area contributed by atoms with Gasteiger partial charge < -0.3 is 4.74 Å². The van der Waals surface area contributed by atoms with Crippen molar-refractivity contribution in [2.75, 3.05) is 6.54 Å². The van der Waals surface area contributed by atoms with E-state index in [2.05, 4.69) is 4.72 Å². The Bertz CT molecular complexity index is 498. The van der Waals surface area contributed by atoms with Crippen LogP contribution in [0.1, 0.15) is 34.6 Å². The summed E-state index contributed by atoms with van der Waals surface area (Å²) in [7, 11) is -3.42. The zero-order chi connectivity index (χ0) is 14.7. The van der Waals surface area contributed by atoms with E-state index in [9.17, 15) is 8.42 Å². The molecule has 1 aromatic carbocycles. The average Bonchev–Trinajstić information content (AvgIpc) is 2.25. The van der Waals surface area contributed by atoms with Crippen LogP contribution >= 0.6 is 0 Å². The molecule has 5 heteroatoms. The second-order valence-corrected chi connectivity index (χ2v) is 7.70. The number of rotatable bonds is 5. The third-order valence-corrected chi connectivity index (χ3v) is 3.68. The Morgan fingerprint density at radius 1 is 1.16 bits per heavy atom. The molecule has 0 saturated carbocycles. The van der Waals surface area contributed by atoms with Crippen LogP contribution in [0.15, 0.2) is 29.2 Å². The van der Waals surface area contributed by atoms with Crippen molar-refractivity contribution in [3.05, 3.63) is 24.3 Å². The standard InChI is InChI=1S/C14H23NO3S/c1-11(2)10-15-19(16,17)13-8-6-12(7-9-13)18-14(3,4)5/h6-9,11,15H,10H2,1-5H3. The summed E-state index contributed by atoms with van der Waals surface area (Å²) in [6.45, 7) is 10.2. The van der Waals surface area contributed by atoms with E-state index in [1.165, 1.54) is 0 Å². The maximum absolute atomic E-state index is 12.0. The molecule has 108 valence electrons. The van der Waals surface area contributed by atoms with Crippen LogP contribution in [0.25, 0.3) is 0 Å². The molecular weight excluding hydrogens is 262 g/mol. The minimum absolute atomic E-state index is 0.259. The van der Waals surface area contributed by atoms with Gasteiger partial charge in [0.25, 0.3) is 0 Å². The van der Waals surface area contributed by atoms with Crippen LogP contribution in [0.3, 0.4) is 0 Å². The number of hydrogen-bond donors (Lipinski definition) is 1. The van der Waals surface area contributed by atoms with Gasteiger partial charge in [0.2, 0.25) is 10.0 Å². The van der Waals surface area contributed by atoms with E-state index in [1.807, 2.05) is 34.6 Å². The third-order valence-electron chi connectivity index (χ3n) is 2.24. The second kappa shape index (κ2) is 5.92. The van der Waals surface area contributed by atoms with Crippen LogP contribution in [-0.2, 0) is 10.0 Å². The minimum atomic E-state index is -3.42. The van der Waals surface area contributed by atoms with Gasteiger partial charge in [0.05, 0.1) is 4.90 Å². The highest BCUT2D eigenvalue weighted by molar-refractivity contribution is 7.89. The van der Waals surface area contributed by atoms with Crippen molar-refractivity contribution in [1.82, 2.24) is 4.72 Å². The Morgan fingerprint density at radius 2 is 1.68 bits per heavy atom. The first-order chi connectivity index (χ1) is 8.60. The molecule has 0 radical (unpaired) electrons. The van der Waals surface area contributed by atoms with Gasteiger partial charge in [0, 0.05) is 6.54 Å². The van der Waals surface area contributed by atoms with Crippen LogP contribution in [-0.4, -0.2) is 20.6 Å². The lowest BCUT2D eigenvalue weighted by atomic mass is 10.2. The summed E-state index contributed by atoms with van der Waals surface area (Å²) >= 11 is 0. The number of nitrogens with one attached hydrogen (secondary N) is 1. The molecule has 0 bridgehead atoms. The lowest BCUT2D eigenvalue weighted by Gasteiger charge is -2.21. The van der Waals surface area contributed by atoms with E-state index >= 15 is 0 Å². The van der Waals surface area contributed by atoms with Crippen LogP contribution in [0.4, 0.5) is 0 Å². The molecular formula is C14H23NO3S. The fraction of sp³-hybridized carbons (Fsp3) is 0.571. The summed E-state index contributed by atoms with van der Waals surface area (Å²) in [5.74, 6) is 0.939. The molecule has 1 rings (SSSR count). The van der Waals surface area contributed by atoms with Gasteiger partial charge in [0.15, 0.2) is 0 Å². The smallest absolute Gasteiger partial charge is 0.240 e. The normalized spacial score (nSPS) is 12.7. The Balaban J connectivity index is 2.81. The van der Waals surface area contributed by atoms with Crippen molar-refractivity contribution in [2.45, 2.75) is 45.1 Å². The fourth-order valence-corrected chi connectivity index (χ4v) is 2.61. The molecule has 0 aliphatic heterocycles. The molecule has 4 nitrogen and oxygen atoms in total. The molecule has 19 heavy (non-hydrogen) atoms. The molecule has 1 aromatic rings. The van der Waals surface area contributed by atoms with Crippen molar-refractivity contribution in [3.8, 4) is 5.75 Å². The highest BCUT2D eigenvalue weighted by Gasteiger charge is 2.16. The summed E-state index contributed by atoms with van der Waals surface area (Å²) in [5, 5.41) is 0. The highest BCUT2D eigenvalue weighted by atomic mass is 32.2. The van der Waals surface area contributed by atoms with Gasteiger partial charge in [-0.05, 0) is 51.0 Å². The molecule has 1 N–H and O–H groups in total. The molecule has 0 spiro atoms. The van der Waals surface area contributed by atoms with Gasteiger partial charge in [0.1, 0.15) is 11.4 Å². The van der Waals surface area contributed by atoms with Crippen LogP contribution in [0.5, 0.6) is 5.75 Å². The molecule has 0 amide bonds. The zero-order valence-electron chi connectivity index (χ0n) is 12.2. The third kappa shape index (κ3) is 5.61. The van der Waals surface area contributed by atoms with Gasteiger partial charge in [-0.2, -0.15) is 0 Å². The molecule has 0 aliphatic carbocycles. The predicted octanol–water partition coefficient (Wildman–Crippen LogP) is 2.80. The Labute approximate surface area is 116 Å². The van der Waals surface area contributed by atoms with Crippen molar-refractivity contribution < 1.29 is 13.2 Å². The van der Waals surface area contributed by atoms with E-state index in [4.69, 9.17) is 4.74 Å². The van der Waals surface area contributed by atoms with E-state index in [1.54, 1.807) is 24.3 Å². The number of benzene rings is 1. The highest BCUT2D eigenvalue weighted by Crippen LogP contribution is 2.20. The van der Waals surface area contributed by atoms with Crippen molar-refractivity contribution in [2.24, 2.45) is 5.92 Å². The fourth-order valence-electron chi connectivity index (χ4n) is 1.40. The summed E-state index contributed by atoms with van der Waals surface area (Å²) in [6, 6.07) is 6.47. The number of hydrogen-bond acceptors (Lipinski definition) is 3. The minimum Gasteiger partial charge on any atom is -0.488 e. The van der Waals surface area contributed by atoms with Crippen molar-refractivity contribution >= 4 is 10.0 Å². The van der Waals surface area contributed by atoms with Gasteiger partial charge >= 0.3 is 0 Å².